The van der Waals surface area contributed by atoms with Crippen molar-refractivity contribution in [1.82, 2.24) is 0 Å². The van der Waals surface area contributed by atoms with E-state index in [2.05, 4.69) is 20.8 Å². The maximum atomic E-state index is 8.81. The minimum absolute atomic E-state index is 0.316. The van der Waals surface area contributed by atoms with Crippen LogP contribution < -0.4 is 0 Å². The van der Waals surface area contributed by atoms with E-state index in [9.17, 15) is 0 Å². The molecule has 0 aromatic heterocycles. The first-order valence-electron chi connectivity index (χ1n) is 3.44. The summed E-state index contributed by atoms with van der Waals surface area (Å²) in [5.41, 5.74) is 0. The Morgan fingerprint density at radius 2 is 2.00 bits per heavy atom. The van der Waals surface area contributed by atoms with Crippen LogP contribution in [-0.4, -0.2) is 22.7 Å². The van der Waals surface area contributed by atoms with Gasteiger partial charge in [-0.2, -0.15) is 11.8 Å². The molecule has 0 aliphatic rings. The fourth-order valence-electron chi connectivity index (χ4n) is 0.670. The average molecular weight is 148 g/mol. The summed E-state index contributed by atoms with van der Waals surface area (Å²) < 4.78 is 0. The van der Waals surface area contributed by atoms with Crippen molar-refractivity contribution in [2.75, 3.05) is 12.4 Å². The second-order valence-electron chi connectivity index (χ2n) is 2.42. The molecular formula is C7H16OS. The van der Waals surface area contributed by atoms with Gasteiger partial charge in [-0.15, -0.1) is 0 Å². The van der Waals surface area contributed by atoms with Gasteiger partial charge < -0.3 is 5.11 Å². The Hall–Kier alpha value is 0.310. The topological polar surface area (TPSA) is 20.2 Å². The fraction of sp³-hybridized carbons (Fsp3) is 1.00. The predicted molar refractivity (Wildman–Crippen MR) is 43.8 cm³/mol. The minimum Gasteiger partial charge on any atom is -0.395 e. The zero-order valence-corrected chi connectivity index (χ0v) is 7.24. The Kier molecular flexibility index (Phi) is 5.30. The number of aliphatic hydroxyl groups is 1. The van der Waals surface area contributed by atoms with E-state index in [1.54, 1.807) is 0 Å². The molecule has 0 aromatic rings. The molecule has 0 aliphatic carbocycles. The van der Waals surface area contributed by atoms with Crippen molar-refractivity contribution in [2.45, 2.75) is 26.0 Å². The SMILES string of the molecule is CCSC(CO)C(C)C. The molecule has 0 heterocycles. The molecule has 0 saturated carbocycles. The van der Waals surface area contributed by atoms with E-state index in [1.165, 1.54) is 0 Å². The van der Waals surface area contributed by atoms with E-state index in [4.69, 9.17) is 5.11 Å². The molecule has 0 aromatic carbocycles. The molecule has 1 nitrogen and oxygen atoms in total. The smallest absolute Gasteiger partial charge is 0.0552 e. The monoisotopic (exact) mass is 148 g/mol. The van der Waals surface area contributed by atoms with Gasteiger partial charge in [0.25, 0.3) is 0 Å². The number of aliphatic hydroxyl groups excluding tert-OH is 1. The maximum Gasteiger partial charge on any atom is 0.0552 e. The summed E-state index contributed by atoms with van der Waals surface area (Å²) in [4.78, 5) is 0. The van der Waals surface area contributed by atoms with E-state index in [-0.39, 0.29) is 0 Å². The zero-order valence-electron chi connectivity index (χ0n) is 6.42. The maximum absolute atomic E-state index is 8.81. The first kappa shape index (κ1) is 9.31. The number of hydrogen-bond acceptors (Lipinski definition) is 2. The van der Waals surface area contributed by atoms with Crippen LogP contribution in [0.25, 0.3) is 0 Å². The summed E-state index contributed by atoms with van der Waals surface area (Å²) in [5, 5.41) is 9.25. The van der Waals surface area contributed by atoms with Crippen LogP contribution in [0.3, 0.4) is 0 Å². The van der Waals surface area contributed by atoms with Crippen LogP contribution in [0.5, 0.6) is 0 Å². The molecule has 0 saturated heterocycles. The second kappa shape index (κ2) is 5.12. The predicted octanol–water partition coefficient (Wildman–Crippen LogP) is 1.76. The largest absolute Gasteiger partial charge is 0.395 e. The third-order valence-corrected chi connectivity index (χ3v) is 2.76. The molecule has 9 heavy (non-hydrogen) atoms. The summed E-state index contributed by atoms with van der Waals surface area (Å²) in [5.74, 6) is 1.70. The van der Waals surface area contributed by atoms with Gasteiger partial charge in [0, 0.05) is 5.25 Å². The molecule has 56 valence electrons. The summed E-state index contributed by atoms with van der Waals surface area (Å²) in [7, 11) is 0. The zero-order chi connectivity index (χ0) is 7.28. The van der Waals surface area contributed by atoms with Crippen LogP contribution in [0.2, 0.25) is 0 Å². The molecule has 0 spiro atoms. The standard InChI is InChI=1S/C7H16OS/c1-4-9-7(5-8)6(2)3/h6-8H,4-5H2,1-3H3. The van der Waals surface area contributed by atoms with Crippen molar-refractivity contribution in [2.24, 2.45) is 5.92 Å². The highest BCUT2D eigenvalue weighted by molar-refractivity contribution is 7.99. The molecule has 0 radical (unpaired) electrons. The molecule has 0 amide bonds. The molecule has 2 heteroatoms. The lowest BCUT2D eigenvalue weighted by molar-refractivity contribution is 0.275. The fourth-order valence-corrected chi connectivity index (χ4v) is 1.59. The van der Waals surface area contributed by atoms with Crippen LogP contribution in [0.15, 0.2) is 0 Å². The molecule has 0 bridgehead atoms. The first-order valence-corrected chi connectivity index (χ1v) is 4.49. The van der Waals surface area contributed by atoms with Gasteiger partial charge in [-0.1, -0.05) is 20.8 Å². The lowest BCUT2D eigenvalue weighted by atomic mass is 10.1. The third kappa shape index (κ3) is 3.82. The highest BCUT2D eigenvalue weighted by Gasteiger charge is 2.09. The quantitative estimate of drug-likeness (QED) is 0.655. The summed E-state index contributed by atoms with van der Waals surface area (Å²) >= 11 is 1.83. The van der Waals surface area contributed by atoms with Crippen LogP contribution in [0.1, 0.15) is 20.8 Å². The molecule has 1 atom stereocenters. The van der Waals surface area contributed by atoms with Gasteiger partial charge in [-0.05, 0) is 11.7 Å². The Labute approximate surface area is 61.8 Å². The van der Waals surface area contributed by atoms with E-state index in [0.717, 1.165) is 5.75 Å². The van der Waals surface area contributed by atoms with Crippen molar-refractivity contribution in [3.8, 4) is 0 Å². The van der Waals surface area contributed by atoms with Crippen molar-refractivity contribution < 1.29 is 5.11 Å². The molecule has 0 fully saturated rings. The number of rotatable bonds is 4. The minimum atomic E-state index is 0.316. The van der Waals surface area contributed by atoms with Crippen LogP contribution >= 0.6 is 11.8 Å². The van der Waals surface area contributed by atoms with E-state index in [0.29, 0.717) is 17.8 Å². The van der Waals surface area contributed by atoms with Crippen molar-refractivity contribution >= 4 is 11.8 Å². The summed E-state index contributed by atoms with van der Waals surface area (Å²) in [6.07, 6.45) is 0. The number of hydrogen-bond donors (Lipinski definition) is 1. The average Bonchev–Trinajstić information content (AvgIpc) is 1.82. The van der Waals surface area contributed by atoms with E-state index < -0.39 is 0 Å². The van der Waals surface area contributed by atoms with Gasteiger partial charge >= 0.3 is 0 Å². The van der Waals surface area contributed by atoms with Gasteiger partial charge in [0.1, 0.15) is 0 Å². The van der Waals surface area contributed by atoms with Crippen LogP contribution in [0.4, 0.5) is 0 Å². The summed E-state index contributed by atoms with van der Waals surface area (Å²) in [6, 6.07) is 0. The highest BCUT2D eigenvalue weighted by atomic mass is 32.2. The molecule has 0 aliphatic heterocycles. The van der Waals surface area contributed by atoms with Crippen LogP contribution in [0, 0.1) is 5.92 Å². The lowest BCUT2D eigenvalue weighted by Gasteiger charge is -2.15. The van der Waals surface area contributed by atoms with E-state index in [1.807, 2.05) is 11.8 Å². The Morgan fingerprint density at radius 3 is 2.11 bits per heavy atom. The van der Waals surface area contributed by atoms with Gasteiger partial charge in [0.05, 0.1) is 6.61 Å². The van der Waals surface area contributed by atoms with Crippen molar-refractivity contribution in [1.29, 1.82) is 0 Å². The molecule has 1 unspecified atom stereocenters. The Bertz CT molecular complexity index is 63.9. The molecular weight excluding hydrogens is 132 g/mol. The molecule has 0 rings (SSSR count). The summed E-state index contributed by atoms with van der Waals surface area (Å²) in [6.45, 7) is 6.72. The third-order valence-electron chi connectivity index (χ3n) is 1.30. The Morgan fingerprint density at radius 1 is 1.44 bits per heavy atom. The van der Waals surface area contributed by atoms with Crippen LogP contribution in [-0.2, 0) is 0 Å². The van der Waals surface area contributed by atoms with Gasteiger partial charge in [0.2, 0.25) is 0 Å². The van der Waals surface area contributed by atoms with Gasteiger partial charge in [-0.25, -0.2) is 0 Å². The molecule has 1 N–H and O–H groups in total. The Balaban J connectivity index is 3.41. The second-order valence-corrected chi connectivity index (χ2v) is 3.94. The van der Waals surface area contributed by atoms with E-state index >= 15 is 0 Å². The lowest BCUT2D eigenvalue weighted by Crippen LogP contribution is -2.15. The van der Waals surface area contributed by atoms with Gasteiger partial charge in [0.15, 0.2) is 0 Å². The number of thioether (sulfide) groups is 1. The van der Waals surface area contributed by atoms with Crippen molar-refractivity contribution in [3.63, 3.8) is 0 Å². The highest BCUT2D eigenvalue weighted by Crippen LogP contribution is 2.17. The van der Waals surface area contributed by atoms with Gasteiger partial charge in [-0.3, -0.25) is 0 Å². The van der Waals surface area contributed by atoms with Crippen molar-refractivity contribution in [3.05, 3.63) is 0 Å². The first-order chi connectivity index (χ1) is 4.22. The normalized spacial score (nSPS) is 14.3.